The van der Waals surface area contributed by atoms with E-state index in [2.05, 4.69) is 16.3 Å². The van der Waals surface area contributed by atoms with Crippen molar-refractivity contribution in [3.63, 3.8) is 0 Å². The van der Waals surface area contributed by atoms with Crippen molar-refractivity contribution < 1.29 is 19.1 Å². The minimum atomic E-state index is -1.30. The second kappa shape index (κ2) is 8.67. The van der Waals surface area contributed by atoms with Crippen LogP contribution in [0.1, 0.15) is 49.2 Å². The zero-order valence-electron chi connectivity index (χ0n) is 22.8. The van der Waals surface area contributed by atoms with Crippen LogP contribution in [0.2, 0.25) is 0 Å². The number of hydrogen-bond acceptors (Lipinski definition) is 5. The molecule has 0 radical (unpaired) electrons. The maximum absolute atomic E-state index is 14.7. The van der Waals surface area contributed by atoms with Crippen LogP contribution in [-0.2, 0) is 15.0 Å². The molecule has 0 saturated carbocycles. The van der Waals surface area contributed by atoms with Gasteiger partial charge >= 0.3 is 0 Å². The lowest BCUT2D eigenvalue weighted by Crippen LogP contribution is -2.51. The summed E-state index contributed by atoms with van der Waals surface area (Å²) in [5, 5.41) is 3.08. The summed E-state index contributed by atoms with van der Waals surface area (Å²) in [4.78, 5) is 45.6. The van der Waals surface area contributed by atoms with Gasteiger partial charge in [-0.2, -0.15) is 0 Å². The van der Waals surface area contributed by atoms with Crippen molar-refractivity contribution >= 4 is 34.4 Å². The Balaban J connectivity index is 1.68. The number of hydrogen-bond donors (Lipinski definition) is 1. The minimum Gasteiger partial charge on any atom is -0.497 e. The summed E-state index contributed by atoms with van der Waals surface area (Å²) in [6, 6.07) is 21.0. The Morgan fingerprint density at radius 2 is 1.62 bits per heavy atom. The summed E-state index contributed by atoms with van der Waals surface area (Å²) in [7, 11) is 1.57. The molecule has 39 heavy (non-hydrogen) atoms. The van der Waals surface area contributed by atoms with Gasteiger partial charge in [0.2, 0.25) is 5.91 Å². The largest absolute Gasteiger partial charge is 0.497 e. The first kappa shape index (κ1) is 25.1. The summed E-state index contributed by atoms with van der Waals surface area (Å²) < 4.78 is 5.32. The van der Waals surface area contributed by atoms with Gasteiger partial charge in [0.05, 0.1) is 19.1 Å². The topological polar surface area (TPSA) is 75.7 Å². The Morgan fingerprint density at radius 1 is 0.949 bits per heavy atom. The van der Waals surface area contributed by atoms with Crippen LogP contribution in [0.15, 0.2) is 78.9 Å². The van der Waals surface area contributed by atoms with Crippen molar-refractivity contribution in [1.82, 2.24) is 0 Å². The van der Waals surface area contributed by atoms with Crippen LogP contribution in [0.3, 0.4) is 0 Å². The lowest BCUT2D eigenvalue weighted by molar-refractivity contribution is -0.128. The molecule has 198 valence electrons. The molecule has 3 aromatic rings. The third-order valence-electron chi connectivity index (χ3n) is 8.55. The number of Topliss-reactive ketones (excluding diaryl/α,β-unsaturated/α-hetero) is 2. The fourth-order valence-corrected chi connectivity index (χ4v) is 6.77. The van der Waals surface area contributed by atoms with Crippen LogP contribution >= 0.6 is 0 Å². The SMILES string of the molecule is COc1ccc(C(=O)[C@@H]2[C@H](C(=O)C(C)(C)C)N3c4ccccc4C(C)=C[C@H]3[C@@]23C(=O)Nc2ccccc23)cc1. The summed E-state index contributed by atoms with van der Waals surface area (Å²) in [6.45, 7) is 7.67. The second-order valence-corrected chi connectivity index (χ2v) is 11.7. The third kappa shape index (κ3) is 3.43. The number of allylic oxidation sites excluding steroid dienone is 1. The lowest BCUT2D eigenvalue weighted by atomic mass is 9.63. The number of methoxy groups -OCH3 is 1. The Kier molecular flexibility index (Phi) is 5.58. The highest BCUT2D eigenvalue weighted by molar-refractivity contribution is 6.17. The molecule has 1 saturated heterocycles. The van der Waals surface area contributed by atoms with Gasteiger partial charge in [-0.25, -0.2) is 0 Å². The van der Waals surface area contributed by atoms with E-state index in [9.17, 15) is 14.4 Å². The highest BCUT2D eigenvalue weighted by Crippen LogP contribution is 2.59. The number of anilines is 2. The first-order valence-corrected chi connectivity index (χ1v) is 13.3. The van der Waals surface area contributed by atoms with E-state index in [1.54, 1.807) is 31.4 Å². The van der Waals surface area contributed by atoms with Gasteiger partial charge in [0.15, 0.2) is 11.6 Å². The second-order valence-electron chi connectivity index (χ2n) is 11.7. The van der Waals surface area contributed by atoms with E-state index in [-0.39, 0.29) is 17.5 Å². The number of nitrogens with one attached hydrogen (secondary N) is 1. The van der Waals surface area contributed by atoms with Gasteiger partial charge in [-0.3, -0.25) is 14.4 Å². The molecule has 0 unspecified atom stereocenters. The highest BCUT2D eigenvalue weighted by Gasteiger charge is 2.71. The number of nitrogens with zero attached hydrogens (tertiary/aromatic N) is 1. The number of carbonyl (C=O) groups excluding carboxylic acids is 3. The van der Waals surface area contributed by atoms with Crippen LogP contribution in [0.25, 0.3) is 5.57 Å². The molecule has 1 spiro atoms. The number of amides is 1. The molecule has 1 fully saturated rings. The van der Waals surface area contributed by atoms with Gasteiger partial charge < -0.3 is 15.0 Å². The van der Waals surface area contributed by atoms with Crippen LogP contribution < -0.4 is 15.0 Å². The molecule has 3 aliphatic rings. The van der Waals surface area contributed by atoms with Gasteiger partial charge in [0.1, 0.15) is 17.2 Å². The summed E-state index contributed by atoms with van der Waals surface area (Å²) >= 11 is 0. The summed E-state index contributed by atoms with van der Waals surface area (Å²) in [5.74, 6) is -0.884. The normalized spacial score (nSPS) is 24.9. The maximum Gasteiger partial charge on any atom is 0.238 e. The number of benzene rings is 3. The maximum atomic E-state index is 14.7. The molecule has 6 nitrogen and oxygen atoms in total. The molecule has 4 atom stereocenters. The van der Waals surface area contributed by atoms with Gasteiger partial charge in [-0.1, -0.05) is 63.2 Å². The molecule has 0 aliphatic carbocycles. The average Bonchev–Trinajstić information content (AvgIpc) is 3.40. The van der Waals surface area contributed by atoms with E-state index in [0.29, 0.717) is 17.0 Å². The van der Waals surface area contributed by atoms with E-state index in [0.717, 1.165) is 22.4 Å². The van der Waals surface area contributed by atoms with Gasteiger partial charge in [0.25, 0.3) is 0 Å². The number of para-hydroxylation sites is 2. The van der Waals surface area contributed by atoms with E-state index >= 15 is 0 Å². The number of ketones is 2. The summed E-state index contributed by atoms with van der Waals surface area (Å²) in [6.07, 6.45) is 2.08. The smallest absolute Gasteiger partial charge is 0.238 e. The molecule has 1 amide bonds. The number of ether oxygens (including phenoxy) is 1. The number of carbonyl (C=O) groups is 3. The van der Waals surface area contributed by atoms with Crippen molar-refractivity contribution in [2.75, 3.05) is 17.3 Å². The van der Waals surface area contributed by atoms with E-state index < -0.39 is 28.8 Å². The summed E-state index contributed by atoms with van der Waals surface area (Å²) in [5.41, 5.74) is 2.72. The van der Waals surface area contributed by atoms with Crippen molar-refractivity contribution in [3.05, 3.63) is 95.6 Å². The lowest BCUT2D eigenvalue weighted by Gasteiger charge is -2.39. The Hall–Kier alpha value is -4.19. The Bertz CT molecular complexity index is 1550. The van der Waals surface area contributed by atoms with Gasteiger partial charge in [0, 0.05) is 27.9 Å². The Morgan fingerprint density at radius 3 is 2.31 bits per heavy atom. The van der Waals surface area contributed by atoms with Crippen LogP contribution in [-0.4, -0.2) is 36.7 Å². The van der Waals surface area contributed by atoms with Crippen molar-refractivity contribution in [3.8, 4) is 5.75 Å². The predicted octanol–water partition coefficient (Wildman–Crippen LogP) is 5.67. The molecule has 6 rings (SSSR count). The molecule has 3 heterocycles. The third-order valence-corrected chi connectivity index (χ3v) is 8.55. The number of fused-ring (bicyclic) bond motifs is 6. The first-order valence-electron chi connectivity index (χ1n) is 13.3. The van der Waals surface area contributed by atoms with Crippen molar-refractivity contribution in [2.24, 2.45) is 11.3 Å². The molecular weight excluding hydrogens is 488 g/mol. The quantitative estimate of drug-likeness (QED) is 0.449. The predicted molar refractivity (Wildman–Crippen MR) is 152 cm³/mol. The molecule has 3 aromatic carbocycles. The Labute approximate surface area is 228 Å². The van der Waals surface area contributed by atoms with Crippen molar-refractivity contribution in [1.29, 1.82) is 0 Å². The average molecular weight is 521 g/mol. The number of rotatable bonds is 4. The molecule has 1 N–H and O–H groups in total. The standard InChI is InChI=1S/C33H32N2O4/c1-19-18-26-33(23-11-7-8-12-24(23)34-31(33)38)27(29(36)20-14-16-21(39-5)17-15-20)28(30(37)32(2,3)4)35(26)25-13-9-6-10-22(19)25/h6-18,26-28H,1-5H3,(H,34,38)/t26-,27-,28+,33+/m0/s1. The first-order chi connectivity index (χ1) is 18.6. The van der Waals surface area contributed by atoms with Crippen molar-refractivity contribution in [2.45, 2.75) is 45.2 Å². The minimum absolute atomic E-state index is 0.0730. The van der Waals surface area contributed by atoms with E-state index in [1.165, 1.54) is 0 Å². The zero-order chi connectivity index (χ0) is 27.7. The molecule has 0 bridgehead atoms. The van der Waals surface area contributed by atoms with Crippen LogP contribution in [0.4, 0.5) is 11.4 Å². The fraction of sp³-hybridized carbons (Fsp3) is 0.303. The molecular formula is C33H32N2O4. The highest BCUT2D eigenvalue weighted by atomic mass is 16.5. The van der Waals surface area contributed by atoms with Crippen LogP contribution in [0, 0.1) is 11.3 Å². The molecule has 0 aromatic heterocycles. The fourth-order valence-electron chi connectivity index (χ4n) is 6.77. The van der Waals surface area contributed by atoms with Gasteiger partial charge in [-0.15, -0.1) is 0 Å². The van der Waals surface area contributed by atoms with Gasteiger partial charge in [-0.05, 0) is 54.5 Å². The zero-order valence-corrected chi connectivity index (χ0v) is 22.8. The van der Waals surface area contributed by atoms with Crippen LogP contribution in [0.5, 0.6) is 5.75 Å². The molecule has 6 heteroatoms. The van der Waals surface area contributed by atoms with E-state index in [1.807, 2.05) is 76.2 Å². The monoisotopic (exact) mass is 520 g/mol. The van der Waals surface area contributed by atoms with E-state index in [4.69, 9.17) is 4.74 Å². The molecule has 3 aliphatic heterocycles.